The molecule has 0 bridgehead atoms. The average Bonchev–Trinajstić information content (AvgIpc) is 3.09. The van der Waals surface area contributed by atoms with Gasteiger partial charge in [-0.1, -0.05) is 12.1 Å². The summed E-state index contributed by atoms with van der Waals surface area (Å²) in [6.45, 7) is 0. The molecule has 0 aliphatic carbocycles. The van der Waals surface area contributed by atoms with Gasteiger partial charge < -0.3 is 4.74 Å². The quantitative estimate of drug-likeness (QED) is 0.706. The SMILES string of the molecule is COc1ccc(-c2ccsc2)cc1S(=O)(=O)Cc1cccnc1. The number of ether oxygens (including phenoxy) is 1. The zero-order chi connectivity index (χ0) is 16.3. The van der Waals surface area contributed by atoms with Gasteiger partial charge in [-0.3, -0.25) is 4.98 Å². The van der Waals surface area contributed by atoms with Crippen LogP contribution in [0.15, 0.2) is 64.4 Å². The highest BCUT2D eigenvalue weighted by atomic mass is 32.2. The highest BCUT2D eigenvalue weighted by Gasteiger charge is 2.21. The molecule has 0 unspecified atom stereocenters. The van der Waals surface area contributed by atoms with Crippen molar-refractivity contribution >= 4 is 21.2 Å². The Morgan fingerprint density at radius 1 is 1.17 bits per heavy atom. The Kier molecular flexibility index (Phi) is 4.45. The lowest BCUT2D eigenvalue weighted by Gasteiger charge is -2.11. The van der Waals surface area contributed by atoms with Crippen molar-refractivity contribution in [1.29, 1.82) is 0 Å². The monoisotopic (exact) mass is 345 g/mol. The number of thiophene rings is 1. The highest BCUT2D eigenvalue weighted by Crippen LogP contribution is 2.32. The maximum atomic E-state index is 12.8. The molecule has 0 radical (unpaired) electrons. The maximum absolute atomic E-state index is 12.8. The van der Waals surface area contributed by atoms with E-state index in [-0.39, 0.29) is 10.6 Å². The molecule has 2 aromatic heterocycles. The second-order valence-corrected chi connectivity index (χ2v) is 7.74. The fourth-order valence-corrected chi connectivity index (χ4v) is 4.50. The van der Waals surface area contributed by atoms with Crippen molar-refractivity contribution in [2.45, 2.75) is 10.6 Å². The van der Waals surface area contributed by atoms with Crippen LogP contribution in [-0.2, 0) is 15.6 Å². The fourth-order valence-electron chi connectivity index (χ4n) is 2.31. The van der Waals surface area contributed by atoms with Gasteiger partial charge in [-0.2, -0.15) is 11.3 Å². The second-order valence-electron chi connectivity index (χ2n) is 5.00. The molecule has 0 saturated carbocycles. The molecule has 1 aromatic carbocycles. The molecule has 0 aliphatic rings. The van der Waals surface area contributed by atoms with Crippen LogP contribution in [0.1, 0.15) is 5.56 Å². The van der Waals surface area contributed by atoms with Crippen molar-refractivity contribution in [1.82, 2.24) is 4.98 Å². The van der Waals surface area contributed by atoms with Crippen molar-refractivity contribution in [2.75, 3.05) is 7.11 Å². The summed E-state index contributed by atoms with van der Waals surface area (Å²) in [4.78, 5) is 4.17. The minimum absolute atomic E-state index is 0.107. The average molecular weight is 345 g/mol. The first-order valence-corrected chi connectivity index (χ1v) is 9.52. The molecule has 0 N–H and O–H groups in total. The number of hydrogen-bond acceptors (Lipinski definition) is 5. The van der Waals surface area contributed by atoms with E-state index >= 15 is 0 Å². The fraction of sp³-hybridized carbons (Fsp3) is 0.118. The molecule has 118 valence electrons. The van der Waals surface area contributed by atoms with Gasteiger partial charge in [-0.15, -0.1) is 0 Å². The van der Waals surface area contributed by atoms with E-state index < -0.39 is 9.84 Å². The number of methoxy groups -OCH3 is 1. The van der Waals surface area contributed by atoms with E-state index in [4.69, 9.17) is 4.74 Å². The third-order valence-electron chi connectivity index (χ3n) is 3.43. The number of benzene rings is 1. The van der Waals surface area contributed by atoms with E-state index in [1.54, 1.807) is 48.0 Å². The van der Waals surface area contributed by atoms with E-state index in [1.165, 1.54) is 7.11 Å². The van der Waals surface area contributed by atoms with Crippen LogP contribution in [-0.4, -0.2) is 20.5 Å². The predicted octanol–water partition coefficient (Wildman–Crippen LogP) is 3.79. The van der Waals surface area contributed by atoms with E-state index in [0.29, 0.717) is 11.3 Å². The Balaban J connectivity index is 2.04. The molecule has 0 atom stereocenters. The van der Waals surface area contributed by atoms with Crippen LogP contribution in [0.3, 0.4) is 0 Å². The van der Waals surface area contributed by atoms with Gasteiger partial charge in [0.05, 0.1) is 12.9 Å². The normalized spacial score (nSPS) is 11.3. The summed E-state index contributed by atoms with van der Waals surface area (Å²) in [5, 5.41) is 3.95. The number of nitrogens with zero attached hydrogens (tertiary/aromatic N) is 1. The van der Waals surface area contributed by atoms with Crippen LogP contribution < -0.4 is 4.74 Å². The molecule has 3 rings (SSSR count). The van der Waals surface area contributed by atoms with Crippen molar-refractivity contribution < 1.29 is 13.2 Å². The zero-order valence-electron chi connectivity index (χ0n) is 12.5. The number of aromatic nitrogens is 1. The van der Waals surface area contributed by atoms with Crippen molar-refractivity contribution in [3.05, 3.63) is 65.1 Å². The summed E-state index contributed by atoms with van der Waals surface area (Å²) in [5.74, 6) is 0.248. The third kappa shape index (κ3) is 3.43. The van der Waals surface area contributed by atoms with Crippen molar-refractivity contribution in [2.24, 2.45) is 0 Å². The van der Waals surface area contributed by atoms with Gasteiger partial charge in [-0.25, -0.2) is 8.42 Å². The Labute approximate surface area is 139 Å². The molecule has 0 spiro atoms. The van der Waals surface area contributed by atoms with Crippen LogP contribution in [0.25, 0.3) is 11.1 Å². The first-order chi connectivity index (χ1) is 11.1. The predicted molar refractivity (Wildman–Crippen MR) is 91.4 cm³/mol. The van der Waals surface area contributed by atoms with Gasteiger partial charge in [0.15, 0.2) is 9.84 Å². The van der Waals surface area contributed by atoms with Gasteiger partial charge in [0.25, 0.3) is 0 Å². The van der Waals surface area contributed by atoms with Gasteiger partial charge >= 0.3 is 0 Å². The van der Waals surface area contributed by atoms with Crippen LogP contribution in [0, 0.1) is 0 Å². The molecule has 3 aromatic rings. The molecule has 2 heterocycles. The second kappa shape index (κ2) is 6.52. The molecular formula is C17H15NO3S2. The highest BCUT2D eigenvalue weighted by molar-refractivity contribution is 7.90. The lowest BCUT2D eigenvalue weighted by molar-refractivity contribution is 0.403. The summed E-state index contributed by atoms with van der Waals surface area (Å²) >= 11 is 1.57. The lowest BCUT2D eigenvalue weighted by atomic mass is 10.1. The molecule has 0 amide bonds. The summed E-state index contributed by atoms with van der Waals surface area (Å²) < 4.78 is 30.8. The largest absolute Gasteiger partial charge is 0.495 e. The van der Waals surface area contributed by atoms with Crippen LogP contribution >= 0.6 is 11.3 Å². The molecule has 0 saturated heterocycles. The van der Waals surface area contributed by atoms with E-state index in [9.17, 15) is 8.42 Å². The summed E-state index contributed by atoms with van der Waals surface area (Å²) in [6, 6.07) is 10.7. The van der Waals surface area contributed by atoms with Crippen LogP contribution in [0.2, 0.25) is 0 Å². The zero-order valence-corrected chi connectivity index (χ0v) is 14.1. The van der Waals surface area contributed by atoms with Crippen LogP contribution in [0.5, 0.6) is 5.75 Å². The molecule has 0 aliphatic heterocycles. The molecule has 6 heteroatoms. The first-order valence-electron chi connectivity index (χ1n) is 6.92. The topological polar surface area (TPSA) is 56.3 Å². The summed E-state index contributed by atoms with van der Waals surface area (Å²) in [5.41, 5.74) is 2.50. The van der Waals surface area contributed by atoms with Crippen molar-refractivity contribution in [3.63, 3.8) is 0 Å². The van der Waals surface area contributed by atoms with Gasteiger partial charge in [0, 0.05) is 12.4 Å². The number of pyridine rings is 1. The first kappa shape index (κ1) is 15.7. The molecule has 0 fully saturated rings. The smallest absolute Gasteiger partial charge is 0.186 e. The van der Waals surface area contributed by atoms with Crippen molar-refractivity contribution in [3.8, 4) is 16.9 Å². The third-order valence-corrected chi connectivity index (χ3v) is 5.82. The maximum Gasteiger partial charge on any atom is 0.186 e. The van der Waals surface area contributed by atoms with E-state index in [2.05, 4.69) is 4.98 Å². The Morgan fingerprint density at radius 3 is 2.70 bits per heavy atom. The molecule has 23 heavy (non-hydrogen) atoms. The van der Waals surface area contributed by atoms with E-state index in [1.807, 2.05) is 22.9 Å². The van der Waals surface area contributed by atoms with E-state index in [0.717, 1.165) is 11.1 Å². The number of hydrogen-bond donors (Lipinski definition) is 0. The van der Waals surface area contributed by atoms with Crippen LogP contribution in [0.4, 0.5) is 0 Å². The standard InChI is InChI=1S/C17H15NO3S2/c1-21-16-5-4-14(15-6-8-22-11-15)9-17(16)23(19,20)12-13-3-2-7-18-10-13/h2-11H,12H2,1H3. The summed E-state index contributed by atoms with van der Waals surface area (Å²) in [6.07, 6.45) is 3.18. The minimum Gasteiger partial charge on any atom is -0.495 e. The Hall–Kier alpha value is -2.18. The number of rotatable bonds is 5. The van der Waals surface area contributed by atoms with Gasteiger partial charge in [0.1, 0.15) is 10.6 Å². The summed E-state index contributed by atoms with van der Waals surface area (Å²) in [7, 11) is -2.06. The minimum atomic E-state index is -3.53. The Morgan fingerprint density at radius 2 is 2.04 bits per heavy atom. The van der Waals surface area contributed by atoms with Gasteiger partial charge in [0.2, 0.25) is 0 Å². The molecule has 4 nitrogen and oxygen atoms in total. The lowest BCUT2D eigenvalue weighted by Crippen LogP contribution is -2.07. The van der Waals surface area contributed by atoms with Gasteiger partial charge in [-0.05, 0) is 51.7 Å². The Bertz CT molecular complexity index is 889. The molecular weight excluding hydrogens is 330 g/mol. The number of sulfone groups is 1.